The molecule has 90 valence electrons. The van der Waals surface area contributed by atoms with Gasteiger partial charge in [-0.15, -0.1) is 0 Å². The smallest absolute Gasteiger partial charge is 0.335 e. The zero-order chi connectivity index (χ0) is 13.1. The Morgan fingerprint density at radius 3 is 2.61 bits per heavy atom. The van der Waals surface area contributed by atoms with E-state index in [4.69, 9.17) is 5.11 Å². The lowest BCUT2D eigenvalue weighted by molar-refractivity contribution is 0.0696. The van der Waals surface area contributed by atoms with E-state index >= 15 is 0 Å². The zero-order valence-corrected chi connectivity index (χ0v) is 9.26. The van der Waals surface area contributed by atoms with E-state index in [0.29, 0.717) is 17.4 Å². The molecule has 0 atom stereocenters. The Morgan fingerprint density at radius 1 is 1.17 bits per heavy atom. The van der Waals surface area contributed by atoms with Crippen LogP contribution in [0.5, 0.6) is 0 Å². The number of benzene rings is 2. The molecule has 0 unspecified atom stereocenters. The monoisotopic (exact) mass is 244 g/mol. The minimum absolute atomic E-state index is 0.00269. The Morgan fingerprint density at radius 2 is 1.94 bits per heavy atom. The Hall–Kier alpha value is -2.49. The van der Waals surface area contributed by atoms with Gasteiger partial charge in [0.05, 0.1) is 5.56 Å². The first-order valence-corrected chi connectivity index (χ1v) is 5.20. The van der Waals surface area contributed by atoms with Crippen LogP contribution in [0.3, 0.4) is 0 Å². The van der Waals surface area contributed by atoms with Crippen molar-refractivity contribution in [3.8, 4) is 11.1 Å². The topological polar surface area (TPSA) is 54.4 Å². The molecule has 2 rings (SSSR count). The predicted octanol–water partition coefficient (Wildman–Crippen LogP) is 3.00. The number of carbonyl (C=O) groups excluding carboxylic acids is 1. The third-order valence-electron chi connectivity index (χ3n) is 2.55. The summed E-state index contributed by atoms with van der Waals surface area (Å²) in [6.45, 7) is 0. The van der Waals surface area contributed by atoms with Crippen LogP contribution < -0.4 is 0 Å². The van der Waals surface area contributed by atoms with Gasteiger partial charge in [0.25, 0.3) is 0 Å². The van der Waals surface area contributed by atoms with Gasteiger partial charge in [-0.1, -0.05) is 18.2 Å². The predicted molar refractivity (Wildman–Crippen MR) is 64.2 cm³/mol. The number of carboxylic acid groups (broad SMARTS) is 1. The highest BCUT2D eigenvalue weighted by molar-refractivity contribution is 5.89. The highest BCUT2D eigenvalue weighted by Gasteiger charge is 2.10. The molecule has 1 N–H and O–H groups in total. The molecule has 18 heavy (non-hydrogen) atoms. The van der Waals surface area contributed by atoms with Crippen LogP contribution in [-0.2, 0) is 0 Å². The third-order valence-corrected chi connectivity index (χ3v) is 2.55. The number of halogens is 1. The second-order valence-corrected chi connectivity index (χ2v) is 3.74. The van der Waals surface area contributed by atoms with Crippen LogP contribution in [-0.4, -0.2) is 17.4 Å². The van der Waals surface area contributed by atoms with Crippen molar-refractivity contribution in [2.24, 2.45) is 0 Å². The zero-order valence-electron chi connectivity index (χ0n) is 9.26. The largest absolute Gasteiger partial charge is 0.478 e. The quantitative estimate of drug-likeness (QED) is 0.844. The lowest BCUT2D eigenvalue weighted by Gasteiger charge is -2.05. The summed E-state index contributed by atoms with van der Waals surface area (Å²) in [5.41, 5.74) is 1.05. The maximum absolute atomic E-state index is 13.7. The van der Waals surface area contributed by atoms with E-state index in [1.807, 2.05) is 0 Å². The lowest BCUT2D eigenvalue weighted by atomic mass is 10.0. The number of aromatic carboxylic acids is 1. The van der Waals surface area contributed by atoms with E-state index in [1.165, 1.54) is 18.2 Å². The molecule has 0 amide bonds. The number of rotatable bonds is 3. The molecule has 0 heterocycles. The molecule has 4 heteroatoms. The SMILES string of the molecule is O=Cc1cccc(-c2cc(C(=O)O)ccc2F)c1. The average Bonchev–Trinajstić information content (AvgIpc) is 2.39. The maximum Gasteiger partial charge on any atom is 0.335 e. The molecular weight excluding hydrogens is 235 g/mol. The highest BCUT2D eigenvalue weighted by atomic mass is 19.1. The van der Waals surface area contributed by atoms with Gasteiger partial charge in [0.1, 0.15) is 12.1 Å². The van der Waals surface area contributed by atoms with E-state index in [-0.39, 0.29) is 11.1 Å². The van der Waals surface area contributed by atoms with E-state index in [0.717, 1.165) is 6.07 Å². The van der Waals surface area contributed by atoms with Crippen molar-refractivity contribution < 1.29 is 19.1 Å². The summed E-state index contributed by atoms with van der Waals surface area (Å²) in [6, 6.07) is 9.90. The van der Waals surface area contributed by atoms with E-state index in [2.05, 4.69) is 0 Å². The van der Waals surface area contributed by atoms with E-state index in [9.17, 15) is 14.0 Å². The second kappa shape index (κ2) is 4.79. The van der Waals surface area contributed by atoms with Gasteiger partial charge in [-0.25, -0.2) is 9.18 Å². The molecule has 0 bridgehead atoms. The molecule has 0 aromatic heterocycles. The van der Waals surface area contributed by atoms with Crippen molar-refractivity contribution in [1.82, 2.24) is 0 Å². The average molecular weight is 244 g/mol. The van der Waals surface area contributed by atoms with Gasteiger partial charge in [-0.3, -0.25) is 4.79 Å². The molecule has 0 fully saturated rings. The van der Waals surface area contributed by atoms with Crippen LogP contribution in [0.1, 0.15) is 20.7 Å². The molecule has 0 aliphatic carbocycles. The fourth-order valence-electron chi connectivity index (χ4n) is 1.66. The van der Waals surface area contributed by atoms with Crippen LogP contribution in [0.2, 0.25) is 0 Å². The Bertz CT molecular complexity index is 620. The third kappa shape index (κ3) is 2.27. The summed E-state index contributed by atoms with van der Waals surface area (Å²) in [7, 11) is 0. The van der Waals surface area contributed by atoms with Gasteiger partial charge in [0, 0.05) is 11.1 Å². The maximum atomic E-state index is 13.7. The Labute approximate surface area is 103 Å². The van der Waals surface area contributed by atoms with Crippen molar-refractivity contribution in [3.05, 3.63) is 59.4 Å². The lowest BCUT2D eigenvalue weighted by Crippen LogP contribution is -1.97. The fourth-order valence-corrected chi connectivity index (χ4v) is 1.66. The van der Waals surface area contributed by atoms with Gasteiger partial charge in [0.2, 0.25) is 0 Å². The normalized spacial score (nSPS) is 10.1. The molecule has 3 nitrogen and oxygen atoms in total. The first-order valence-electron chi connectivity index (χ1n) is 5.20. The fraction of sp³-hybridized carbons (Fsp3) is 0. The number of aldehydes is 1. The van der Waals surface area contributed by atoms with Crippen molar-refractivity contribution in [2.45, 2.75) is 0 Å². The Kier molecular flexibility index (Phi) is 3.19. The van der Waals surface area contributed by atoms with Gasteiger partial charge < -0.3 is 5.11 Å². The van der Waals surface area contributed by atoms with Crippen molar-refractivity contribution in [1.29, 1.82) is 0 Å². The summed E-state index contributed by atoms with van der Waals surface area (Å²) in [6.07, 6.45) is 0.655. The summed E-state index contributed by atoms with van der Waals surface area (Å²) in [5.74, 6) is -1.65. The Balaban J connectivity index is 2.58. The summed E-state index contributed by atoms with van der Waals surface area (Å²) < 4.78 is 13.7. The standard InChI is InChI=1S/C14H9FO3/c15-13-5-4-11(14(17)18)7-12(13)10-3-1-2-9(6-10)8-16/h1-8H,(H,17,18). The number of hydrogen-bond donors (Lipinski definition) is 1. The summed E-state index contributed by atoms with van der Waals surface area (Å²) in [4.78, 5) is 21.5. The molecular formula is C14H9FO3. The van der Waals surface area contributed by atoms with Crippen molar-refractivity contribution >= 4 is 12.3 Å². The van der Waals surface area contributed by atoms with Crippen LogP contribution in [0.15, 0.2) is 42.5 Å². The van der Waals surface area contributed by atoms with Gasteiger partial charge in [0.15, 0.2) is 0 Å². The van der Waals surface area contributed by atoms with E-state index in [1.54, 1.807) is 18.2 Å². The van der Waals surface area contributed by atoms with Crippen LogP contribution >= 0.6 is 0 Å². The van der Waals surface area contributed by atoms with Crippen LogP contribution in [0.25, 0.3) is 11.1 Å². The number of hydrogen-bond acceptors (Lipinski definition) is 2. The summed E-state index contributed by atoms with van der Waals surface area (Å²) >= 11 is 0. The van der Waals surface area contributed by atoms with Crippen LogP contribution in [0, 0.1) is 5.82 Å². The molecule has 0 radical (unpaired) electrons. The molecule has 2 aromatic rings. The van der Waals surface area contributed by atoms with Gasteiger partial charge >= 0.3 is 5.97 Å². The summed E-state index contributed by atoms with van der Waals surface area (Å²) in [5, 5.41) is 8.87. The molecule has 0 spiro atoms. The van der Waals surface area contributed by atoms with Gasteiger partial charge in [-0.2, -0.15) is 0 Å². The molecule has 0 aliphatic heterocycles. The highest BCUT2D eigenvalue weighted by Crippen LogP contribution is 2.24. The first kappa shape index (κ1) is 12.0. The number of carbonyl (C=O) groups is 2. The minimum atomic E-state index is -1.12. The van der Waals surface area contributed by atoms with Crippen LogP contribution in [0.4, 0.5) is 4.39 Å². The number of carboxylic acids is 1. The molecule has 0 aliphatic rings. The molecule has 0 saturated carbocycles. The first-order chi connectivity index (χ1) is 8.61. The van der Waals surface area contributed by atoms with Crippen molar-refractivity contribution in [3.63, 3.8) is 0 Å². The molecule has 2 aromatic carbocycles. The van der Waals surface area contributed by atoms with Gasteiger partial charge in [-0.05, 0) is 29.8 Å². The second-order valence-electron chi connectivity index (χ2n) is 3.74. The van der Waals surface area contributed by atoms with Crippen molar-refractivity contribution in [2.75, 3.05) is 0 Å². The van der Waals surface area contributed by atoms with E-state index < -0.39 is 11.8 Å². The molecule has 0 saturated heterocycles. The minimum Gasteiger partial charge on any atom is -0.478 e.